The van der Waals surface area contributed by atoms with Crippen molar-refractivity contribution in [3.63, 3.8) is 0 Å². The number of aryl methyl sites for hydroxylation is 2. The zero-order valence-corrected chi connectivity index (χ0v) is 17.4. The van der Waals surface area contributed by atoms with Gasteiger partial charge in [-0.1, -0.05) is 28.1 Å². The van der Waals surface area contributed by atoms with E-state index in [9.17, 15) is 9.59 Å². The molecule has 1 unspecified atom stereocenters. The zero-order valence-electron chi connectivity index (χ0n) is 15.8. The van der Waals surface area contributed by atoms with E-state index >= 15 is 0 Å². The molecule has 1 atom stereocenters. The Morgan fingerprint density at radius 2 is 1.68 bits per heavy atom. The van der Waals surface area contributed by atoms with E-state index in [4.69, 9.17) is 4.74 Å². The van der Waals surface area contributed by atoms with Crippen LogP contribution in [0.25, 0.3) is 11.0 Å². The first-order valence-corrected chi connectivity index (χ1v) is 9.55. The van der Waals surface area contributed by atoms with Gasteiger partial charge in [0, 0.05) is 10.0 Å². The molecule has 1 heterocycles. The number of amides is 1. The summed E-state index contributed by atoms with van der Waals surface area (Å²) < 4.78 is 5.69. The molecule has 3 aromatic rings. The molecule has 0 radical (unpaired) electrons. The van der Waals surface area contributed by atoms with Crippen LogP contribution in [-0.4, -0.2) is 29.0 Å². The number of methoxy groups -OCH3 is 1. The lowest BCUT2D eigenvalue weighted by Gasteiger charge is -2.18. The molecule has 144 valence electrons. The van der Waals surface area contributed by atoms with E-state index < -0.39 is 12.0 Å². The molecule has 2 aromatic carbocycles. The number of carbonyl (C=O) groups is 2. The number of halogens is 1. The minimum atomic E-state index is -0.505. The second-order valence-corrected chi connectivity index (χ2v) is 7.37. The molecule has 0 aliphatic rings. The number of esters is 1. The summed E-state index contributed by atoms with van der Waals surface area (Å²) in [5.74, 6) is -0.692. The topological polar surface area (TPSA) is 81.2 Å². The van der Waals surface area contributed by atoms with E-state index in [0.717, 1.165) is 26.9 Å². The van der Waals surface area contributed by atoms with Crippen LogP contribution in [0.2, 0.25) is 0 Å². The number of carbonyl (C=O) groups excluding carboxylic acids is 2. The molecule has 0 bridgehead atoms. The fourth-order valence-corrected chi connectivity index (χ4v) is 3.08. The Hall–Kier alpha value is -2.80. The van der Waals surface area contributed by atoms with Crippen LogP contribution >= 0.6 is 15.9 Å². The molecule has 1 aromatic heterocycles. The third kappa shape index (κ3) is 4.54. The highest BCUT2D eigenvalue weighted by atomic mass is 79.9. The minimum absolute atomic E-state index is 0.0373. The number of hydrogen-bond donors (Lipinski definition) is 1. The summed E-state index contributed by atoms with van der Waals surface area (Å²) in [4.78, 5) is 33.7. The normalized spacial score (nSPS) is 11.9. The number of nitrogens with zero attached hydrogens (tertiary/aromatic N) is 2. The summed E-state index contributed by atoms with van der Waals surface area (Å²) in [5.41, 5.74) is 4.34. The van der Waals surface area contributed by atoms with Crippen molar-refractivity contribution in [3.05, 3.63) is 69.5 Å². The van der Waals surface area contributed by atoms with Crippen LogP contribution in [0.4, 0.5) is 0 Å². The first kappa shape index (κ1) is 19.9. The number of ether oxygens (including phenoxy) is 1. The van der Waals surface area contributed by atoms with Crippen molar-refractivity contribution in [1.82, 2.24) is 15.3 Å². The van der Waals surface area contributed by atoms with Crippen molar-refractivity contribution in [3.8, 4) is 0 Å². The van der Waals surface area contributed by atoms with Crippen LogP contribution in [0.5, 0.6) is 0 Å². The molecule has 28 heavy (non-hydrogen) atoms. The van der Waals surface area contributed by atoms with Crippen LogP contribution < -0.4 is 5.32 Å². The van der Waals surface area contributed by atoms with Gasteiger partial charge in [0.05, 0.1) is 42.0 Å². The molecule has 3 rings (SSSR count). The summed E-state index contributed by atoms with van der Waals surface area (Å²) in [6.45, 7) is 3.78. The van der Waals surface area contributed by atoms with E-state index in [2.05, 4.69) is 31.2 Å². The molecular formula is C21H20BrN3O3. The maximum atomic E-state index is 12.8. The molecule has 0 fully saturated rings. The van der Waals surface area contributed by atoms with Crippen molar-refractivity contribution in [2.45, 2.75) is 26.3 Å². The molecule has 0 aliphatic carbocycles. The van der Waals surface area contributed by atoms with Gasteiger partial charge >= 0.3 is 5.97 Å². The highest BCUT2D eigenvalue weighted by Gasteiger charge is 2.20. The number of benzene rings is 2. The van der Waals surface area contributed by atoms with Gasteiger partial charge in [-0.25, -0.2) is 9.97 Å². The standard InChI is InChI=1S/C21H20BrN3O3/c1-12-13(2)24-19-10-15(6-9-17(19)23-12)21(27)25-18(11-20(26)28-3)14-4-7-16(22)8-5-14/h4-10,18H,11H2,1-3H3,(H,25,27). The first-order valence-electron chi connectivity index (χ1n) is 8.75. The Balaban J connectivity index is 1.88. The predicted molar refractivity (Wildman–Crippen MR) is 110 cm³/mol. The molecular weight excluding hydrogens is 422 g/mol. The molecule has 6 nitrogen and oxygen atoms in total. The quantitative estimate of drug-likeness (QED) is 0.604. The third-order valence-corrected chi connectivity index (χ3v) is 5.04. The molecule has 1 N–H and O–H groups in total. The summed E-state index contributed by atoms with van der Waals surface area (Å²) in [6.07, 6.45) is 0.0373. The van der Waals surface area contributed by atoms with E-state index in [1.165, 1.54) is 7.11 Å². The average Bonchev–Trinajstić information content (AvgIpc) is 2.68. The molecule has 1 amide bonds. The molecule has 7 heteroatoms. The monoisotopic (exact) mass is 441 g/mol. The lowest BCUT2D eigenvalue weighted by molar-refractivity contribution is -0.141. The van der Waals surface area contributed by atoms with Gasteiger partial charge in [0.2, 0.25) is 0 Å². The largest absolute Gasteiger partial charge is 0.469 e. The summed E-state index contributed by atoms with van der Waals surface area (Å²) in [7, 11) is 1.33. The number of aromatic nitrogens is 2. The van der Waals surface area contributed by atoms with Crippen LogP contribution in [0.15, 0.2) is 46.9 Å². The van der Waals surface area contributed by atoms with Gasteiger partial charge in [0.1, 0.15) is 0 Å². The molecule has 0 spiro atoms. The summed E-state index contributed by atoms with van der Waals surface area (Å²) >= 11 is 3.39. The Bertz CT molecular complexity index is 1030. The van der Waals surface area contributed by atoms with Gasteiger partial charge in [-0.3, -0.25) is 9.59 Å². The second-order valence-electron chi connectivity index (χ2n) is 6.46. The average molecular weight is 442 g/mol. The van der Waals surface area contributed by atoms with Crippen molar-refractivity contribution < 1.29 is 14.3 Å². The van der Waals surface area contributed by atoms with Crippen molar-refractivity contribution in [2.75, 3.05) is 7.11 Å². The maximum absolute atomic E-state index is 12.8. The van der Waals surface area contributed by atoms with E-state index in [0.29, 0.717) is 11.1 Å². The number of hydrogen-bond acceptors (Lipinski definition) is 5. The highest BCUT2D eigenvalue weighted by Crippen LogP contribution is 2.22. The Labute approximate surface area is 171 Å². The predicted octanol–water partition coefficient (Wildman–Crippen LogP) is 4.04. The fourth-order valence-electron chi connectivity index (χ4n) is 2.81. The Morgan fingerprint density at radius 3 is 2.32 bits per heavy atom. The molecule has 0 aliphatic heterocycles. The molecule has 0 saturated heterocycles. The van der Waals surface area contributed by atoms with Gasteiger partial charge in [0.25, 0.3) is 5.91 Å². The van der Waals surface area contributed by atoms with Crippen molar-refractivity contribution in [1.29, 1.82) is 0 Å². The van der Waals surface area contributed by atoms with Crippen LogP contribution in [0.3, 0.4) is 0 Å². The number of nitrogens with one attached hydrogen (secondary N) is 1. The Morgan fingerprint density at radius 1 is 1.04 bits per heavy atom. The second kappa shape index (κ2) is 8.48. The summed E-state index contributed by atoms with van der Waals surface area (Å²) in [5, 5.41) is 2.92. The van der Waals surface area contributed by atoms with Gasteiger partial charge in [-0.05, 0) is 49.7 Å². The van der Waals surface area contributed by atoms with E-state index in [1.54, 1.807) is 18.2 Å². The first-order chi connectivity index (χ1) is 13.4. The maximum Gasteiger partial charge on any atom is 0.307 e. The van der Waals surface area contributed by atoms with E-state index in [1.807, 2.05) is 38.1 Å². The van der Waals surface area contributed by atoms with Gasteiger partial charge in [0.15, 0.2) is 0 Å². The highest BCUT2D eigenvalue weighted by molar-refractivity contribution is 9.10. The number of fused-ring (bicyclic) bond motifs is 1. The van der Waals surface area contributed by atoms with Crippen molar-refractivity contribution in [2.24, 2.45) is 0 Å². The molecule has 0 saturated carbocycles. The zero-order chi connectivity index (χ0) is 20.3. The lowest BCUT2D eigenvalue weighted by atomic mass is 10.0. The Kier molecular flexibility index (Phi) is 6.04. The lowest BCUT2D eigenvalue weighted by Crippen LogP contribution is -2.30. The van der Waals surface area contributed by atoms with Crippen LogP contribution in [0, 0.1) is 13.8 Å². The van der Waals surface area contributed by atoms with Gasteiger partial charge < -0.3 is 10.1 Å². The van der Waals surface area contributed by atoms with Crippen LogP contribution in [-0.2, 0) is 9.53 Å². The van der Waals surface area contributed by atoms with Crippen LogP contribution in [0.1, 0.15) is 39.8 Å². The SMILES string of the molecule is COC(=O)CC(NC(=O)c1ccc2nc(C)c(C)nc2c1)c1ccc(Br)cc1. The van der Waals surface area contributed by atoms with Gasteiger partial charge in [-0.15, -0.1) is 0 Å². The minimum Gasteiger partial charge on any atom is -0.469 e. The van der Waals surface area contributed by atoms with Crippen molar-refractivity contribution >= 4 is 38.8 Å². The van der Waals surface area contributed by atoms with Gasteiger partial charge in [-0.2, -0.15) is 0 Å². The smallest absolute Gasteiger partial charge is 0.307 e. The third-order valence-electron chi connectivity index (χ3n) is 4.51. The summed E-state index contributed by atoms with van der Waals surface area (Å²) in [6, 6.07) is 12.1. The fraction of sp³-hybridized carbons (Fsp3) is 0.238. The van der Waals surface area contributed by atoms with E-state index in [-0.39, 0.29) is 12.3 Å². The number of rotatable bonds is 5.